The van der Waals surface area contributed by atoms with Crippen molar-refractivity contribution in [2.75, 3.05) is 31.6 Å². The Hall–Kier alpha value is -2.28. The van der Waals surface area contributed by atoms with Gasteiger partial charge in [-0.15, -0.1) is 0 Å². The molecule has 2 saturated heterocycles. The Morgan fingerprint density at radius 1 is 1.26 bits per heavy atom. The molecule has 12 heteroatoms. The highest BCUT2D eigenvalue weighted by atomic mass is 35.5. The third-order valence-electron chi connectivity index (χ3n) is 7.31. The van der Waals surface area contributed by atoms with Crippen LogP contribution in [0.1, 0.15) is 36.9 Å². The molecule has 0 bridgehead atoms. The van der Waals surface area contributed by atoms with E-state index in [1.54, 1.807) is 13.1 Å². The quantitative estimate of drug-likeness (QED) is 0.306. The molecule has 1 aromatic carbocycles. The summed E-state index contributed by atoms with van der Waals surface area (Å²) in [5, 5.41) is 38.1. The molecule has 2 atom stereocenters. The molecule has 2 fully saturated rings. The highest BCUT2D eigenvalue weighted by Gasteiger charge is 2.45. The van der Waals surface area contributed by atoms with E-state index in [0.29, 0.717) is 35.6 Å². The Morgan fingerprint density at radius 2 is 2.00 bits per heavy atom. The summed E-state index contributed by atoms with van der Waals surface area (Å²) in [6.07, 6.45) is 4.48. The minimum Gasteiger partial charge on any atom is -0.389 e. The summed E-state index contributed by atoms with van der Waals surface area (Å²) in [4.78, 5) is 11.3. The molecular weight excluding hydrogens is 471 g/mol. The van der Waals surface area contributed by atoms with Gasteiger partial charge < -0.3 is 25.4 Å². The molecule has 35 heavy (non-hydrogen) atoms. The van der Waals surface area contributed by atoms with Gasteiger partial charge in [0.25, 0.3) is 0 Å². The van der Waals surface area contributed by atoms with Crippen LogP contribution in [0.5, 0.6) is 0 Å². The first-order chi connectivity index (χ1) is 16.6. The van der Waals surface area contributed by atoms with Crippen molar-refractivity contribution in [3.63, 3.8) is 0 Å². The number of hydrogen-bond acceptors (Lipinski definition) is 9. The topological polar surface area (TPSA) is 129 Å². The number of anilines is 2. The first kappa shape index (κ1) is 24.4. The van der Waals surface area contributed by atoms with Gasteiger partial charge in [0.1, 0.15) is 0 Å². The number of hydrogen-bond donors (Lipinski definition) is 4. The fourth-order valence-electron chi connectivity index (χ4n) is 5.08. The van der Waals surface area contributed by atoms with Gasteiger partial charge in [0.2, 0.25) is 11.8 Å². The van der Waals surface area contributed by atoms with E-state index >= 15 is 0 Å². The number of rotatable bonds is 5. The van der Waals surface area contributed by atoms with Gasteiger partial charge >= 0.3 is 0 Å². The third-order valence-corrected chi connectivity index (χ3v) is 7.64. The van der Waals surface area contributed by atoms with Crippen LogP contribution in [0.15, 0.2) is 24.5 Å². The zero-order chi connectivity index (χ0) is 25.0. The Balaban J connectivity index is 1.35. The lowest BCUT2D eigenvalue weighted by Gasteiger charge is -2.43. The predicted molar refractivity (Wildman–Crippen MR) is 132 cm³/mol. The molecule has 3 aromatic rings. The van der Waals surface area contributed by atoms with Crippen molar-refractivity contribution in [3.8, 4) is 0 Å². The van der Waals surface area contributed by atoms with E-state index in [0.717, 1.165) is 47.1 Å². The normalized spacial score (nSPS) is 24.3. The number of fused-ring (bicyclic) bond motifs is 1. The minimum atomic E-state index is -2.60. The van der Waals surface area contributed by atoms with E-state index in [4.69, 9.17) is 24.2 Å². The molecule has 0 spiro atoms. The maximum absolute atomic E-state index is 10.4. The Labute approximate surface area is 209 Å². The molecule has 2 aromatic heterocycles. The van der Waals surface area contributed by atoms with Crippen molar-refractivity contribution >= 4 is 42.0 Å². The fourth-order valence-corrected chi connectivity index (χ4v) is 5.41. The molecule has 0 saturated carbocycles. The molecule has 2 aliphatic heterocycles. The molecule has 2 aliphatic rings. The lowest BCUT2D eigenvalue weighted by Crippen LogP contribution is -2.56. The van der Waals surface area contributed by atoms with Crippen LogP contribution in [0.3, 0.4) is 0 Å². The molecule has 1 unspecified atom stereocenters. The van der Waals surface area contributed by atoms with Crippen molar-refractivity contribution in [3.05, 3.63) is 40.8 Å². The first-order valence-corrected chi connectivity index (χ1v) is 12.0. The van der Waals surface area contributed by atoms with Gasteiger partial charge in [-0.1, -0.05) is 11.6 Å². The Morgan fingerprint density at radius 3 is 2.63 bits per heavy atom. The van der Waals surface area contributed by atoms with Crippen LogP contribution < -0.4 is 5.32 Å². The lowest BCUT2D eigenvalue weighted by atomic mass is 9.85. The highest BCUT2D eigenvalue weighted by molar-refractivity contribution is 6.32. The van der Waals surface area contributed by atoms with E-state index in [-0.39, 0.29) is 11.5 Å². The van der Waals surface area contributed by atoms with Crippen molar-refractivity contribution in [1.29, 1.82) is 0 Å². The maximum Gasteiger partial charge on any atom is 0.227 e. The zero-order valence-corrected chi connectivity index (χ0v) is 20.4. The fraction of sp³-hybridized carbons (Fsp3) is 0.522. The number of halogens is 1. The summed E-state index contributed by atoms with van der Waals surface area (Å²) in [6.45, 7) is 6.35. The zero-order valence-electron chi connectivity index (χ0n) is 19.6. The summed E-state index contributed by atoms with van der Waals surface area (Å²) >= 11 is 6.67. The van der Waals surface area contributed by atoms with Gasteiger partial charge in [-0.2, -0.15) is 5.10 Å². The van der Waals surface area contributed by atoms with Crippen LogP contribution in [-0.4, -0.2) is 85.8 Å². The number of nitrogens with one attached hydrogen (secondary N) is 1. The molecule has 5 rings (SSSR count). The second kappa shape index (κ2) is 8.99. The second-order valence-electron chi connectivity index (χ2n) is 9.64. The van der Waals surface area contributed by atoms with Crippen LogP contribution in [-0.2, 0) is 10.5 Å². The van der Waals surface area contributed by atoms with Crippen molar-refractivity contribution in [2.45, 2.75) is 50.1 Å². The number of aliphatic hydroxyl groups is 3. The predicted octanol–water partition coefficient (Wildman–Crippen LogP) is 1.58. The van der Waals surface area contributed by atoms with Crippen LogP contribution in [0.2, 0.25) is 5.02 Å². The van der Waals surface area contributed by atoms with Crippen LogP contribution in [0.25, 0.3) is 10.9 Å². The van der Waals surface area contributed by atoms with E-state index in [2.05, 4.69) is 32.2 Å². The number of piperidine rings is 1. The molecule has 2 radical (unpaired) electrons. The number of ether oxygens (including phenoxy) is 1. The minimum absolute atomic E-state index is 0.282. The second-order valence-corrected chi connectivity index (χ2v) is 10.1. The van der Waals surface area contributed by atoms with Gasteiger partial charge in [-0.3, -0.25) is 4.90 Å². The van der Waals surface area contributed by atoms with E-state index < -0.39 is 11.9 Å². The molecule has 184 valence electrons. The van der Waals surface area contributed by atoms with E-state index in [1.165, 1.54) is 6.20 Å². The van der Waals surface area contributed by atoms with E-state index in [1.807, 2.05) is 12.1 Å². The van der Waals surface area contributed by atoms with Gasteiger partial charge in [-0.25, -0.2) is 14.6 Å². The number of likely N-dealkylation sites (tertiary alicyclic amines) is 1. The first-order valence-electron chi connectivity index (χ1n) is 11.6. The molecule has 10 nitrogen and oxygen atoms in total. The molecule has 4 heterocycles. The standard InChI is InChI=1S/C23H28BClN6O4/c1-13-19(10-27-31(13)23(24,33)34)29-21-26-9-15-7-17(25)16(8-18(15)28-21)14-3-5-30(6-4-14)22(2)12-35-11-20(22)32/h7-10,14,20,32-34H,3-6,11-12H2,1-2H3,(H,26,28,29)/t20?,22-/m1/s1. The smallest absolute Gasteiger partial charge is 0.227 e. The third kappa shape index (κ3) is 4.52. The van der Waals surface area contributed by atoms with Crippen LogP contribution in [0.4, 0.5) is 11.6 Å². The number of benzene rings is 1. The molecule has 0 aliphatic carbocycles. The monoisotopic (exact) mass is 498 g/mol. The van der Waals surface area contributed by atoms with Crippen molar-refractivity contribution in [2.24, 2.45) is 0 Å². The number of nitrogens with zero attached hydrogens (tertiary/aromatic N) is 5. The van der Waals surface area contributed by atoms with Crippen molar-refractivity contribution in [1.82, 2.24) is 24.6 Å². The largest absolute Gasteiger partial charge is 0.389 e. The molecular formula is C23H28BClN6O4. The van der Waals surface area contributed by atoms with Crippen LogP contribution >= 0.6 is 11.6 Å². The lowest BCUT2D eigenvalue weighted by molar-refractivity contribution is -0.161. The average molecular weight is 499 g/mol. The average Bonchev–Trinajstić information content (AvgIpc) is 3.36. The van der Waals surface area contributed by atoms with Crippen LogP contribution in [0, 0.1) is 6.92 Å². The maximum atomic E-state index is 10.4. The molecule has 0 amide bonds. The van der Waals surface area contributed by atoms with Gasteiger partial charge in [0, 0.05) is 16.6 Å². The molecule has 4 N–H and O–H groups in total. The summed E-state index contributed by atoms with van der Waals surface area (Å²) in [5.74, 6) is -1.98. The summed E-state index contributed by atoms with van der Waals surface area (Å²) in [7, 11) is 5.32. The summed E-state index contributed by atoms with van der Waals surface area (Å²) in [6, 6.07) is 3.91. The van der Waals surface area contributed by atoms with Gasteiger partial charge in [0.05, 0.1) is 48.0 Å². The van der Waals surface area contributed by atoms with Gasteiger partial charge in [-0.05, 0) is 63.4 Å². The summed E-state index contributed by atoms with van der Waals surface area (Å²) < 4.78 is 6.40. The summed E-state index contributed by atoms with van der Waals surface area (Å²) in [5.41, 5.74) is 2.37. The number of aliphatic hydroxyl groups excluding tert-OH is 1. The SMILES string of the molecule is [B]C(O)(O)n1ncc(Nc2ncc3cc(Cl)c(C4CCN([C@]5(C)COCC5O)CC4)cc3n2)c1C. The number of aromatic nitrogens is 4. The Kier molecular flexibility index (Phi) is 6.27. The Bertz CT molecular complexity index is 1240. The van der Waals surface area contributed by atoms with Crippen molar-refractivity contribution < 1.29 is 20.1 Å². The van der Waals surface area contributed by atoms with Gasteiger partial charge in [0.15, 0.2) is 7.85 Å². The highest BCUT2D eigenvalue weighted by Crippen LogP contribution is 2.38. The van der Waals surface area contributed by atoms with E-state index in [9.17, 15) is 15.3 Å².